The number of nitrogens with one attached hydrogen (secondary N) is 1. The third kappa shape index (κ3) is 3.99. The van der Waals surface area contributed by atoms with Gasteiger partial charge in [-0.15, -0.1) is 0 Å². The molecule has 1 aromatic heterocycles. The molecule has 1 heterocycles. The third-order valence-electron chi connectivity index (χ3n) is 2.83. The van der Waals surface area contributed by atoms with Crippen molar-refractivity contribution < 1.29 is 14.7 Å². The van der Waals surface area contributed by atoms with Gasteiger partial charge in [0.2, 0.25) is 0 Å². The van der Waals surface area contributed by atoms with Gasteiger partial charge in [-0.2, -0.15) is 0 Å². The van der Waals surface area contributed by atoms with Crippen LogP contribution in [0.4, 0.5) is 0 Å². The molecule has 5 nitrogen and oxygen atoms in total. The molecular weight excluding hydrogens is 268 g/mol. The lowest BCUT2D eigenvalue weighted by atomic mass is 9.94. The number of hydrogen-bond acceptors (Lipinski definition) is 2. The summed E-state index contributed by atoms with van der Waals surface area (Å²) in [5, 5.41) is 12.1. The highest BCUT2D eigenvalue weighted by Gasteiger charge is 2.28. The van der Waals surface area contributed by atoms with Crippen molar-refractivity contribution in [1.29, 1.82) is 0 Å². The molecule has 0 aliphatic carbocycles. The summed E-state index contributed by atoms with van der Waals surface area (Å²) in [7, 11) is 0. The van der Waals surface area contributed by atoms with Crippen LogP contribution >= 0.6 is 11.6 Å². The van der Waals surface area contributed by atoms with E-state index in [2.05, 4.69) is 5.32 Å². The minimum absolute atomic E-state index is 0.0656. The van der Waals surface area contributed by atoms with Gasteiger partial charge in [-0.05, 0) is 26.3 Å². The molecule has 0 aromatic carbocycles. The Morgan fingerprint density at radius 2 is 2.11 bits per heavy atom. The molecule has 0 atom stereocenters. The number of aliphatic carboxylic acids is 1. The summed E-state index contributed by atoms with van der Waals surface area (Å²) in [6.45, 7) is 5.89. The maximum absolute atomic E-state index is 12.0. The number of aromatic nitrogens is 1. The molecule has 106 valence electrons. The zero-order valence-corrected chi connectivity index (χ0v) is 12.1. The van der Waals surface area contributed by atoms with Gasteiger partial charge in [0, 0.05) is 19.3 Å². The van der Waals surface area contributed by atoms with Crippen LogP contribution in [0.25, 0.3) is 0 Å². The Morgan fingerprint density at radius 3 is 2.63 bits per heavy atom. The van der Waals surface area contributed by atoms with Crippen molar-refractivity contribution in [3.05, 3.63) is 23.0 Å². The summed E-state index contributed by atoms with van der Waals surface area (Å²) < 4.78 is 1.77. The number of carbonyl (C=O) groups excluding carboxylic acids is 1. The minimum Gasteiger partial charge on any atom is -0.481 e. The lowest BCUT2D eigenvalue weighted by Crippen LogP contribution is -2.39. The van der Waals surface area contributed by atoms with Crippen LogP contribution in [0.15, 0.2) is 12.3 Å². The van der Waals surface area contributed by atoms with E-state index in [9.17, 15) is 9.59 Å². The quantitative estimate of drug-likeness (QED) is 0.843. The molecule has 2 N–H and O–H groups in total. The maximum atomic E-state index is 12.0. The van der Waals surface area contributed by atoms with Crippen molar-refractivity contribution in [2.24, 2.45) is 5.41 Å². The van der Waals surface area contributed by atoms with E-state index in [0.717, 1.165) is 6.42 Å². The summed E-state index contributed by atoms with van der Waals surface area (Å²) in [5.41, 5.74) is -0.546. The Labute approximate surface area is 117 Å². The number of hydrogen-bond donors (Lipinski definition) is 2. The number of carboxylic acid groups (broad SMARTS) is 1. The van der Waals surface area contributed by atoms with Gasteiger partial charge in [-0.3, -0.25) is 9.59 Å². The van der Waals surface area contributed by atoms with Crippen LogP contribution in [0.5, 0.6) is 0 Å². The molecule has 0 radical (unpaired) electrons. The Hall–Kier alpha value is -1.49. The van der Waals surface area contributed by atoms with Crippen LogP contribution in [-0.4, -0.2) is 28.1 Å². The molecule has 0 aliphatic rings. The lowest BCUT2D eigenvalue weighted by molar-refractivity contribution is -0.146. The van der Waals surface area contributed by atoms with Gasteiger partial charge < -0.3 is 15.0 Å². The monoisotopic (exact) mass is 286 g/mol. The van der Waals surface area contributed by atoms with E-state index in [-0.39, 0.29) is 12.5 Å². The van der Waals surface area contributed by atoms with Crippen LogP contribution in [0.2, 0.25) is 5.02 Å². The zero-order chi connectivity index (χ0) is 14.6. The summed E-state index contributed by atoms with van der Waals surface area (Å²) in [5.74, 6) is -1.26. The van der Waals surface area contributed by atoms with Crippen molar-refractivity contribution in [3.63, 3.8) is 0 Å². The molecule has 0 spiro atoms. The zero-order valence-electron chi connectivity index (χ0n) is 11.4. The first-order chi connectivity index (χ1) is 8.77. The van der Waals surface area contributed by atoms with Crippen LogP contribution in [-0.2, 0) is 11.3 Å². The van der Waals surface area contributed by atoms with Crippen LogP contribution in [0.1, 0.15) is 37.7 Å². The molecule has 6 heteroatoms. The average molecular weight is 287 g/mol. The number of amides is 1. The molecular formula is C13H19ClN2O3. The number of aryl methyl sites for hydroxylation is 1. The maximum Gasteiger partial charge on any atom is 0.310 e. The number of carbonyl (C=O) groups is 2. The van der Waals surface area contributed by atoms with E-state index in [1.807, 2.05) is 6.92 Å². The topological polar surface area (TPSA) is 71.3 Å². The van der Waals surface area contributed by atoms with Crippen LogP contribution < -0.4 is 5.32 Å². The molecule has 0 fully saturated rings. The molecule has 19 heavy (non-hydrogen) atoms. The molecule has 0 unspecified atom stereocenters. The van der Waals surface area contributed by atoms with Gasteiger partial charge in [0.25, 0.3) is 5.91 Å². The van der Waals surface area contributed by atoms with E-state index < -0.39 is 11.4 Å². The van der Waals surface area contributed by atoms with Crippen molar-refractivity contribution >= 4 is 23.5 Å². The summed E-state index contributed by atoms with van der Waals surface area (Å²) in [6.07, 6.45) is 2.58. The van der Waals surface area contributed by atoms with Gasteiger partial charge in [0.05, 0.1) is 10.4 Å². The first-order valence-electron chi connectivity index (χ1n) is 6.15. The highest BCUT2D eigenvalue weighted by atomic mass is 35.5. The fraction of sp³-hybridized carbons (Fsp3) is 0.538. The fourth-order valence-corrected chi connectivity index (χ4v) is 1.78. The molecule has 1 rings (SSSR count). The number of halogens is 1. The van der Waals surface area contributed by atoms with E-state index in [1.54, 1.807) is 30.7 Å². The molecule has 0 aliphatic heterocycles. The van der Waals surface area contributed by atoms with Gasteiger partial charge in [-0.25, -0.2) is 0 Å². The second kappa shape index (κ2) is 6.10. The fourth-order valence-electron chi connectivity index (χ4n) is 1.56. The highest BCUT2D eigenvalue weighted by molar-refractivity contribution is 6.31. The molecule has 1 aromatic rings. The van der Waals surface area contributed by atoms with Gasteiger partial charge in [0.1, 0.15) is 5.69 Å². The minimum atomic E-state index is -0.998. The first kappa shape index (κ1) is 15.6. The Morgan fingerprint density at radius 1 is 1.47 bits per heavy atom. The smallest absolute Gasteiger partial charge is 0.310 e. The predicted molar refractivity (Wildman–Crippen MR) is 73.5 cm³/mol. The van der Waals surface area contributed by atoms with Crippen molar-refractivity contribution in [3.8, 4) is 0 Å². The van der Waals surface area contributed by atoms with Crippen molar-refractivity contribution in [2.75, 3.05) is 6.54 Å². The van der Waals surface area contributed by atoms with E-state index in [1.165, 1.54) is 0 Å². The molecule has 1 amide bonds. The summed E-state index contributed by atoms with van der Waals surface area (Å²) in [6, 6.07) is 1.58. The second-order valence-corrected chi connectivity index (χ2v) is 5.55. The normalized spacial score (nSPS) is 11.4. The predicted octanol–water partition coefficient (Wildman–Crippen LogP) is 2.39. The molecule has 0 saturated carbocycles. The Bertz CT molecular complexity index is 480. The van der Waals surface area contributed by atoms with E-state index in [0.29, 0.717) is 17.3 Å². The average Bonchev–Trinajstić information content (AvgIpc) is 2.68. The van der Waals surface area contributed by atoms with Gasteiger partial charge in [-0.1, -0.05) is 18.5 Å². The highest BCUT2D eigenvalue weighted by Crippen LogP contribution is 2.16. The van der Waals surface area contributed by atoms with E-state index in [4.69, 9.17) is 16.7 Å². The lowest BCUT2D eigenvalue weighted by Gasteiger charge is -2.19. The summed E-state index contributed by atoms with van der Waals surface area (Å²) >= 11 is 5.89. The number of carboxylic acids is 1. The van der Waals surface area contributed by atoms with Crippen molar-refractivity contribution in [2.45, 2.75) is 33.7 Å². The Balaban J connectivity index is 2.76. The second-order valence-electron chi connectivity index (χ2n) is 5.11. The number of rotatable bonds is 6. The molecule has 0 bridgehead atoms. The van der Waals surface area contributed by atoms with E-state index >= 15 is 0 Å². The van der Waals surface area contributed by atoms with Gasteiger partial charge >= 0.3 is 5.97 Å². The Kier molecular flexibility index (Phi) is 5.00. The van der Waals surface area contributed by atoms with Crippen LogP contribution in [0, 0.1) is 5.41 Å². The molecule has 0 saturated heterocycles. The summed E-state index contributed by atoms with van der Waals surface area (Å²) in [4.78, 5) is 23.0. The SMILES string of the molecule is CCCn1cc(Cl)cc1C(=O)NCC(C)(C)C(=O)O. The van der Waals surface area contributed by atoms with Gasteiger partial charge in [0.15, 0.2) is 0 Å². The third-order valence-corrected chi connectivity index (χ3v) is 3.04. The van der Waals surface area contributed by atoms with Crippen LogP contribution in [0.3, 0.4) is 0 Å². The number of nitrogens with zero attached hydrogens (tertiary/aromatic N) is 1. The first-order valence-corrected chi connectivity index (χ1v) is 6.53. The standard InChI is InChI=1S/C13H19ClN2O3/c1-4-5-16-7-9(14)6-10(16)11(17)15-8-13(2,3)12(18)19/h6-7H,4-5,8H2,1-3H3,(H,15,17)(H,18,19). The van der Waals surface area contributed by atoms with Crippen molar-refractivity contribution in [1.82, 2.24) is 9.88 Å². The largest absolute Gasteiger partial charge is 0.481 e.